The Morgan fingerprint density at radius 2 is 1.40 bits per heavy atom. The molecule has 0 amide bonds. The lowest BCUT2D eigenvalue weighted by Gasteiger charge is -2.33. The zero-order valence-electron chi connectivity index (χ0n) is 18.2. The zero-order chi connectivity index (χ0) is 22.3. The van der Waals surface area contributed by atoms with Gasteiger partial charge in [-0.15, -0.1) is 0 Å². The van der Waals surface area contributed by atoms with Crippen LogP contribution in [0, 0.1) is 19.8 Å². The van der Waals surface area contributed by atoms with Gasteiger partial charge in [0.25, 0.3) is 0 Å². The monoisotopic (exact) mass is 454 g/mol. The maximum absolute atomic E-state index is 13.1. The topological polar surface area (TPSA) is 92.6 Å². The Balaban J connectivity index is 1.74. The highest BCUT2D eigenvalue weighted by Gasteiger charge is 2.36. The maximum Gasteiger partial charge on any atom is 0.246 e. The molecule has 2 heterocycles. The van der Waals surface area contributed by atoms with Gasteiger partial charge in [-0.05, 0) is 43.9 Å². The molecule has 10 heteroatoms. The van der Waals surface area contributed by atoms with E-state index in [1.807, 2.05) is 12.1 Å². The van der Waals surface area contributed by atoms with E-state index in [0.717, 1.165) is 12.0 Å². The van der Waals surface area contributed by atoms with Crippen molar-refractivity contribution in [3.05, 3.63) is 41.2 Å². The molecule has 0 spiro atoms. The standard InChI is InChI=1S/C20H30N4O4S2/c1-15(2)14-18-6-8-19(9-7-18)29(25,26)23-10-12-24(13-11-23)30(27,28)20-16(3)21-22(5)17(20)4/h6-9,15H,10-14H2,1-5H3. The minimum atomic E-state index is -3.72. The minimum absolute atomic E-state index is 0.112. The van der Waals surface area contributed by atoms with Gasteiger partial charge in [-0.1, -0.05) is 26.0 Å². The summed E-state index contributed by atoms with van der Waals surface area (Å²) in [4.78, 5) is 0.451. The molecule has 3 rings (SSSR count). The number of nitrogens with zero attached hydrogens (tertiary/aromatic N) is 4. The van der Waals surface area contributed by atoms with Crippen molar-refractivity contribution >= 4 is 20.0 Å². The van der Waals surface area contributed by atoms with Crippen LogP contribution in [0.2, 0.25) is 0 Å². The largest absolute Gasteiger partial charge is 0.271 e. The van der Waals surface area contributed by atoms with Crippen LogP contribution in [0.15, 0.2) is 34.1 Å². The van der Waals surface area contributed by atoms with Gasteiger partial charge in [0.2, 0.25) is 20.0 Å². The van der Waals surface area contributed by atoms with Crippen molar-refractivity contribution in [2.45, 2.75) is 43.9 Å². The third kappa shape index (κ3) is 4.32. The van der Waals surface area contributed by atoms with E-state index >= 15 is 0 Å². The predicted molar refractivity (Wildman–Crippen MR) is 115 cm³/mol. The molecule has 0 unspecified atom stereocenters. The van der Waals surface area contributed by atoms with Gasteiger partial charge in [0.15, 0.2) is 0 Å². The van der Waals surface area contributed by atoms with E-state index in [1.165, 1.54) is 8.61 Å². The third-order valence-corrected chi connectivity index (χ3v) is 9.51. The molecule has 1 aromatic carbocycles. The quantitative estimate of drug-likeness (QED) is 0.665. The van der Waals surface area contributed by atoms with Crippen molar-refractivity contribution in [3.63, 3.8) is 0 Å². The van der Waals surface area contributed by atoms with Crippen molar-refractivity contribution in [1.82, 2.24) is 18.4 Å². The summed E-state index contributed by atoms with van der Waals surface area (Å²) in [7, 11) is -5.68. The lowest BCUT2D eigenvalue weighted by Crippen LogP contribution is -2.50. The first-order valence-corrected chi connectivity index (χ1v) is 12.9. The molecule has 1 saturated heterocycles. The fourth-order valence-corrected chi connectivity index (χ4v) is 7.07. The zero-order valence-corrected chi connectivity index (χ0v) is 19.8. The van der Waals surface area contributed by atoms with E-state index in [-0.39, 0.29) is 36.0 Å². The SMILES string of the molecule is Cc1nn(C)c(C)c1S(=O)(=O)N1CCN(S(=O)(=O)c2ccc(CC(C)C)cc2)CC1. The van der Waals surface area contributed by atoms with Crippen LogP contribution in [-0.2, 0) is 33.5 Å². The molecule has 0 radical (unpaired) electrons. The number of benzene rings is 1. The lowest BCUT2D eigenvalue weighted by atomic mass is 10.0. The van der Waals surface area contributed by atoms with Gasteiger partial charge in [0.1, 0.15) is 4.90 Å². The molecule has 0 saturated carbocycles. The van der Waals surface area contributed by atoms with Crippen molar-refractivity contribution in [1.29, 1.82) is 0 Å². The van der Waals surface area contributed by atoms with Crippen molar-refractivity contribution in [2.75, 3.05) is 26.2 Å². The molecule has 2 aromatic rings. The molecule has 1 aromatic heterocycles. The molecular formula is C20H30N4O4S2. The van der Waals surface area contributed by atoms with Crippen molar-refractivity contribution in [2.24, 2.45) is 13.0 Å². The summed E-state index contributed by atoms with van der Waals surface area (Å²) in [5.41, 5.74) is 2.12. The number of piperazine rings is 1. The number of hydrogen-bond acceptors (Lipinski definition) is 5. The normalized spacial score (nSPS) is 17.0. The third-order valence-electron chi connectivity index (χ3n) is 5.44. The first kappa shape index (κ1) is 22.9. The fourth-order valence-electron chi connectivity index (χ4n) is 3.83. The van der Waals surface area contributed by atoms with Crippen molar-refractivity contribution < 1.29 is 16.8 Å². The van der Waals surface area contributed by atoms with Crippen LogP contribution in [0.1, 0.15) is 30.8 Å². The van der Waals surface area contributed by atoms with E-state index in [0.29, 0.717) is 17.3 Å². The van der Waals surface area contributed by atoms with Crippen molar-refractivity contribution in [3.8, 4) is 0 Å². The summed E-state index contributed by atoms with van der Waals surface area (Å²) in [6.45, 7) is 8.09. The van der Waals surface area contributed by atoms with E-state index in [1.54, 1.807) is 37.7 Å². The fraction of sp³-hybridized carbons (Fsp3) is 0.550. The first-order chi connectivity index (χ1) is 13.9. The Morgan fingerprint density at radius 3 is 1.83 bits per heavy atom. The second kappa shape index (κ2) is 8.41. The molecule has 0 N–H and O–H groups in total. The number of hydrogen-bond donors (Lipinski definition) is 0. The predicted octanol–water partition coefficient (Wildman–Crippen LogP) is 1.93. The molecule has 0 bridgehead atoms. The molecule has 1 fully saturated rings. The van der Waals surface area contributed by atoms with Gasteiger partial charge in [-0.3, -0.25) is 4.68 Å². The highest BCUT2D eigenvalue weighted by molar-refractivity contribution is 7.89. The van der Waals surface area contributed by atoms with Gasteiger partial charge in [0, 0.05) is 33.2 Å². The van der Waals surface area contributed by atoms with Gasteiger partial charge in [-0.25, -0.2) is 16.8 Å². The Morgan fingerprint density at radius 1 is 0.900 bits per heavy atom. The second-order valence-corrected chi connectivity index (χ2v) is 12.0. The Hall–Kier alpha value is -1.75. The number of aromatic nitrogens is 2. The van der Waals surface area contributed by atoms with Crippen LogP contribution < -0.4 is 0 Å². The summed E-state index contributed by atoms with van der Waals surface area (Å²) in [6.07, 6.45) is 0.893. The van der Waals surface area contributed by atoms with E-state index < -0.39 is 20.0 Å². The highest BCUT2D eigenvalue weighted by Crippen LogP contribution is 2.26. The maximum atomic E-state index is 13.1. The van der Waals surface area contributed by atoms with Gasteiger partial charge in [0.05, 0.1) is 16.3 Å². The van der Waals surface area contributed by atoms with Crippen LogP contribution in [0.3, 0.4) is 0 Å². The molecule has 1 aliphatic rings. The Labute approximate surface area is 179 Å². The van der Waals surface area contributed by atoms with Crippen LogP contribution >= 0.6 is 0 Å². The Kier molecular flexibility index (Phi) is 6.43. The average Bonchev–Trinajstić information content (AvgIpc) is 2.94. The number of sulfonamides is 2. The average molecular weight is 455 g/mol. The molecule has 0 aliphatic carbocycles. The van der Waals surface area contributed by atoms with Crippen LogP contribution in [0.25, 0.3) is 0 Å². The van der Waals surface area contributed by atoms with E-state index in [9.17, 15) is 16.8 Å². The van der Waals surface area contributed by atoms with E-state index in [2.05, 4.69) is 18.9 Å². The first-order valence-electron chi connectivity index (χ1n) is 10.0. The van der Waals surface area contributed by atoms with Crippen LogP contribution in [0.4, 0.5) is 0 Å². The molecule has 0 atom stereocenters. The molecule has 166 valence electrons. The minimum Gasteiger partial charge on any atom is -0.271 e. The second-order valence-electron chi connectivity index (χ2n) is 8.17. The van der Waals surface area contributed by atoms with Gasteiger partial charge < -0.3 is 0 Å². The van der Waals surface area contributed by atoms with E-state index in [4.69, 9.17) is 0 Å². The van der Waals surface area contributed by atoms with Crippen LogP contribution in [0.5, 0.6) is 0 Å². The summed E-state index contributed by atoms with van der Waals surface area (Å²) in [5, 5.41) is 4.19. The smallest absolute Gasteiger partial charge is 0.246 e. The summed E-state index contributed by atoms with van der Waals surface area (Å²) in [5.74, 6) is 0.495. The lowest BCUT2D eigenvalue weighted by molar-refractivity contribution is 0.272. The molecule has 1 aliphatic heterocycles. The summed E-state index contributed by atoms with van der Waals surface area (Å²) in [6, 6.07) is 6.97. The van der Waals surface area contributed by atoms with Gasteiger partial charge >= 0.3 is 0 Å². The highest BCUT2D eigenvalue weighted by atomic mass is 32.2. The summed E-state index contributed by atoms with van der Waals surface area (Å²) < 4.78 is 56.5. The number of aryl methyl sites for hydroxylation is 2. The van der Waals surface area contributed by atoms with Gasteiger partial charge in [-0.2, -0.15) is 13.7 Å². The summed E-state index contributed by atoms with van der Waals surface area (Å²) >= 11 is 0. The molecule has 30 heavy (non-hydrogen) atoms. The number of rotatable bonds is 6. The Bertz CT molecular complexity index is 1110. The van der Waals surface area contributed by atoms with Crippen LogP contribution in [-0.4, -0.2) is 61.4 Å². The molecular weight excluding hydrogens is 424 g/mol. The molecule has 8 nitrogen and oxygen atoms in total.